The molecule has 0 bridgehead atoms. The third kappa shape index (κ3) is 2.58. The fraction of sp³-hybridized carbons (Fsp3) is 0.727. The van der Waals surface area contributed by atoms with E-state index in [9.17, 15) is 5.11 Å². The number of aryl methyl sites for hydroxylation is 1. The molecular formula is C22H33NO. The van der Waals surface area contributed by atoms with Crippen LogP contribution in [-0.2, 0) is 5.41 Å². The van der Waals surface area contributed by atoms with E-state index in [-0.39, 0.29) is 0 Å². The molecule has 1 aliphatic heterocycles. The smallest absolute Gasteiger partial charge is 0.115 e. The molecular weight excluding hydrogens is 294 g/mol. The highest BCUT2D eigenvalue weighted by Crippen LogP contribution is 2.53. The number of piperidine rings is 1. The highest BCUT2D eigenvalue weighted by atomic mass is 16.3. The zero-order valence-corrected chi connectivity index (χ0v) is 15.6. The molecule has 1 heterocycles. The number of rotatable bonds is 3. The van der Waals surface area contributed by atoms with Crippen molar-refractivity contribution in [3.63, 3.8) is 0 Å². The van der Waals surface area contributed by atoms with Gasteiger partial charge >= 0.3 is 0 Å². The summed E-state index contributed by atoms with van der Waals surface area (Å²) in [5.74, 6) is 2.13. The SMILES string of the molecule is Cc1ccc(O)cc1C12CCCC[C@H]1C(C)N([C@@H](C)C1CC1)CC2. The van der Waals surface area contributed by atoms with Crippen LogP contribution in [0.25, 0.3) is 0 Å². The van der Waals surface area contributed by atoms with Crippen LogP contribution in [0.5, 0.6) is 5.75 Å². The van der Waals surface area contributed by atoms with Crippen molar-refractivity contribution in [1.82, 2.24) is 4.90 Å². The van der Waals surface area contributed by atoms with Crippen molar-refractivity contribution < 1.29 is 5.11 Å². The first-order valence-corrected chi connectivity index (χ1v) is 10.1. The molecule has 1 aromatic rings. The third-order valence-electron chi connectivity index (χ3n) is 7.60. The van der Waals surface area contributed by atoms with E-state index >= 15 is 0 Å². The zero-order valence-electron chi connectivity index (χ0n) is 15.6. The Balaban J connectivity index is 1.69. The van der Waals surface area contributed by atoms with Gasteiger partial charge < -0.3 is 5.11 Å². The maximum atomic E-state index is 10.1. The molecule has 24 heavy (non-hydrogen) atoms. The minimum atomic E-state index is 0.292. The standard InChI is InChI=1S/C22H33NO/c1-15-7-10-19(24)14-21(15)22-11-5-4-6-20(22)17(3)23(13-12-22)16(2)18-8-9-18/h7,10,14,16-18,20,24H,4-6,8-9,11-13H2,1-3H3/t16-,17?,20-,22?/m0/s1. The van der Waals surface area contributed by atoms with Gasteiger partial charge in [0.05, 0.1) is 0 Å². The molecule has 0 amide bonds. The van der Waals surface area contributed by atoms with Crippen molar-refractivity contribution in [3.8, 4) is 5.75 Å². The van der Waals surface area contributed by atoms with E-state index in [2.05, 4.69) is 37.8 Å². The summed E-state index contributed by atoms with van der Waals surface area (Å²) >= 11 is 0. The third-order valence-corrected chi connectivity index (χ3v) is 7.60. The predicted octanol–water partition coefficient (Wildman–Crippen LogP) is 5.02. The predicted molar refractivity (Wildman–Crippen MR) is 99.5 cm³/mol. The first-order chi connectivity index (χ1) is 11.5. The molecule has 1 aromatic carbocycles. The Morgan fingerprint density at radius 1 is 1.17 bits per heavy atom. The summed E-state index contributed by atoms with van der Waals surface area (Å²) in [6.07, 6.45) is 9.51. The van der Waals surface area contributed by atoms with Crippen molar-refractivity contribution in [2.24, 2.45) is 11.8 Å². The summed E-state index contributed by atoms with van der Waals surface area (Å²) in [5, 5.41) is 10.1. The molecule has 0 spiro atoms. The van der Waals surface area contributed by atoms with E-state index in [1.165, 1.54) is 62.6 Å². The second kappa shape index (κ2) is 6.05. The van der Waals surface area contributed by atoms with Gasteiger partial charge in [-0.1, -0.05) is 18.9 Å². The Labute approximate surface area is 147 Å². The van der Waals surface area contributed by atoms with E-state index in [0.29, 0.717) is 17.2 Å². The van der Waals surface area contributed by atoms with Crippen LogP contribution in [-0.4, -0.2) is 28.6 Å². The molecule has 2 aliphatic carbocycles. The summed E-state index contributed by atoms with van der Waals surface area (Å²) in [7, 11) is 0. The Morgan fingerprint density at radius 2 is 1.96 bits per heavy atom. The summed E-state index contributed by atoms with van der Waals surface area (Å²) in [6.45, 7) is 8.41. The summed E-state index contributed by atoms with van der Waals surface area (Å²) in [4.78, 5) is 2.82. The van der Waals surface area contributed by atoms with Gasteiger partial charge in [-0.05, 0) is 94.5 Å². The molecule has 2 unspecified atom stereocenters. The Kier molecular flexibility index (Phi) is 4.15. The fourth-order valence-electron chi connectivity index (χ4n) is 6.08. The number of hydrogen-bond acceptors (Lipinski definition) is 2. The lowest BCUT2D eigenvalue weighted by Gasteiger charge is -2.56. The number of likely N-dealkylation sites (tertiary alicyclic amines) is 1. The number of phenols is 1. The number of benzene rings is 1. The van der Waals surface area contributed by atoms with E-state index in [1.807, 2.05) is 6.07 Å². The van der Waals surface area contributed by atoms with E-state index < -0.39 is 0 Å². The maximum absolute atomic E-state index is 10.1. The van der Waals surface area contributed by atoms with E-state index in [0.717, 1.165) is 17.9 Å². The Hall–Kier alpha value is -1.02. The molecule has 0 radical (unpaired) electrons. The van der Waals surface area contributed by atoms with Crippen LogP contribution in [0, 0.1) is 18.8 Å². The van der Waals surface area contributed by atoms with Gasteiger partial charge in [0, 0.05) is 17.5 Å². The molecule has 132 valence electrons. The molecule has 0 aromatic heterocycles. The largest absolute Gasteiger partial charge is 0.508 e. The average Bonchev–Trinajstić information content (AvgIpc) is 3.42. The molecule has 4 rings (SSSR count). The molecule has 1 saturated heterocycles. The van der Waals surface area contributed by atoms with Gasteiger partial charge in [-0.15, -0.1) is 0 Å². The topological polar surface area (TPSA) is 23.5 Å². The van der Waals surface area contributed by atoms with E-state index in [1.54, 1.807) is 0 Å². The number of phenolic OH excluding ortho intramolecular Hbond substituents is 1. The average molecular weight is 328 g/mol. The van der Waals surface area contributed by atoms with Crippen molar-refractivity contribution in [3.05, 3.63) is 29.3 Å². The van der Waals surface area contributed by atoms with Crippen LogP contribution in [0.3, 0.4) is 0 Å². The van der Waals surface area contributed by atoms with Gasteiger partial charge in [-0.25, -0.2) is 0 Å². The minimum absolute atomic E-state index is 0.292. The summed E-state index contributed by atoms with van der Waals surface area (Å²) in [5.41, 5.74) is 3.11. The molecule has 4 atom stereocenters. The molecule has 3 aliphatic rings. The molecule has 3 fully saturated rings. The summed E-state index contributed by atoms with van der Waals surface area (Å²) in [6, 6.07) is 7.47. The van der Waals surface area contributed by atoms with Crippen molar-refractivity contribution >= 4 is 0 Å². The van der Waals surface area contributed by atoms with Gasteiger partial charge in [0.1, 0.15) is 5.75 Å². The van der Waals surface area contributed by atoms with Gasteiger partial charge in [0.2, 0.25) is 0 Å². The van der Waals surface area contributed by atoms with Crippen molar-refractivity contribution in [1.29, 1.82) is 0 Å². The molecule has 2 heteroatoms. The number of hydrogen-bond donors (Lipinski definition) is 1. The molecule has 2 saturated carbocycles. The minimum Gasteiger partial charge on any atom is -0.508 e. The van der Waals surface area contributed by atoms with Gasteiger partial charge in [0.25, 0.3) is 0 Å². The van der Waals surface area contributed by atoms with Crippen molar-refractivity contribution in [2.45, 2.75) is 83.2 Å². The first kappa shape index (κ1) is 16.4. The maximum Gasteiger partial charge on any atom is 0.115 e. The summed E-state index contributed by atoms with van der Waals surface area (Å²) < 4.78 is 0. The molecule has 2 nitrogen and oxygen atoms in total. The van der Waals surface area contributed by atoms with Crippen LogP contribution in [0.15, 0.2) is 18.2 Å². The second-order valence-corrected chi connectivity index (χ2v) is 8.81. The zero-order chi connectivity index (χ0) is 16.9. The lowest BCUT2D eigenvalue weighted by atomic mass is 9.56. The van der Waals surface area contributed by atoms with Crippen molar-refractivity contribution in [2.75, 3.05) is 6.54 Å². The van der Waals surface area contributed by atoms with Crippen LogP contribution in [0.1, 0.15) is 69.9 Å². The normalized spacial score (nSPS) is 35.5. The quantitative estimate of drug-likeness (QED) is 0.842. The molecule has 1 N–H and O–H groups in total. The second-order valence-electron chi connectivity index (χ2n) is 8.81. The Morgan fingerprint density at radius 3 is 2.71 bits per heavy atom. The fourth-order valence-corrected chi connectivity index (χ4v) is 6.08. The number of fused-ring (bicyclic) bond motifs is 1. The van der Waals surface area contributed by atoms with Crippen LogP contribution in [0.4, 0.5) is 0 Å². The van der Waals surface area contributed by atoms with Gasteiger partial charge in [-0.3, -0.25) is 4.90 Å². The van der Waals surface area contributed by atoms with E-state index in [4.69, 9.17) is 0 Å². The van der Waals surface area contributed by atoms with Gasteiger partial charge in [0.15, 0.2) is 0 Å². The lowest BCUT2D eigenvalue weighted by Crippen LogP contribution is -2.58. The Bertz CT molecular complexity index is 608. The van der Waals surface area contributed by atoms with Crippen LogP contribution in [0.2, 0.25) is 0 Å². The monoisotopic (exact) mass is 327 g/mol. The van der Waals surface area contributed by atoms with Crippen LogP contribution >= 0.6 is 0 Å². The van der Waals surface area contributed by atoms with Gasteiger partial charge in [-0.2, -0.15) is 0 Å². The number of aromatic hydroxyl groups is 1. The first-order valence-electron chi connectivity index (χ1n) is 10.1. The lowest BCUT2D eigenvalue weighted by molar-refractivity contribution is -0.0169. The highest BCUT2D eigenvalue weighted by Gasteiger charge is 2.51. The highest BCUT2D eigenvalue weighted by molar-refractivity contribution is 5.41. The number of nitrogens with zero attached hydrogens (tertiary/aromatic N) is 1. The van der Waals surface area contributed by atoms with Crippen LogP contribution < -0.4 is 0 Å².